The molecule has 3 rings (SSSR count). The van der Waals surface area contributed by atoms with E-state index < -0.39 is 11.4 Å². The molecule has 0 spiro atoms. The normalized spacial score (nSPS) is 10.9. The fraction of sp³-hybridized carbons (Fsp3) is 0.118. The standard InChI is InChI=1S/C17H15FN2O3/c18-11-3-6-13-14(9-11)17(22)20-15(16(13)23-8-7-19)10-1-4-12(21)5-2-10/h1-6,9,21H,7-8,19H2,(H,20,22). The zero-order valence-electron chi connectivity index (χ0n) is 12.2. The van der Waals surface area contributed by atoms with Crippen LogP contribution in [0.3, 0.4) is 0 Å². The Morgan fingerprint density at radius 2 is 1.87 bits per heavy atom. The van der Waals surface area contributed by atoms with Gasteiger partial charge in [0.05, 0.1) is 11.1 Å². The lowest BCUT2D eigenvalue weighted by atomic mass is 10.1. The van der Waals surface area contributed by atoms with Crippen LogP contribution < -0.4 is 16.0 Å². The molecule has 2 aromatic carbocycles. The second-order valence-electron chi connectivity index (χ2n) is 5.03. The van der Waals surface area contributed by atoms with E-state index in [1.54, 1.807) is 12.1 Å². The maximum atomic E-state index is 13.4. The molecule has 1 aromatic heterocycles. The summed E-state index contributed by atoms with van der Waals surface area (Å²) in [7, 11) is 0. The highest BCUT2D eigenvalue weighted by Gasteiger charge is 2.15. The van der Waals surface area contributed by atoms with Gasteiger partial charge < -0.3 is 20.6 Å². The Bertz CT molecular complexity index is 904. The number of ether oxygens (including phenoxy) is 1. The first kappa shape index (κ1) is 15.1. The smallest absolute Gasteiger partial charge is 0.256 e. The van der Waals surface area contributed by atoms with E-state index in [0.29, 0.717) is 28.9 Å². The number of halogens is 1. The average molecular weight is 314 g/mol. The molecule has 118 valence electrons. The molecular formula is C17H15FN2O3. The number of hydrogen-bond donors (Lipinski definition) is 3. The van der Waals surface area contributed by atoms with Gasteiger partial charge in [-0.25, -0.2) is 4.39 Å². The number of nitrogens with one attached hydrogen (secondary N) is 1. The lowest BCUT2D eigenvalue weighted by Gasteiger charge is -2.14. The zero-order chi connectivity index (χ0) is 16.4. The van der Waals surface area contributed by atoms with Crippen LogP contribution in [0.5, 0.6) is 11.5 Å². The monoisotopic (exact) mass is 314 g/mol. The summed E-state index contributed by atoms with van der Waals surface area (Å²) in [5.74, 6) is 0.0456. The molecule has 0 bridgehead atoms. The first-order chi connectivity index (χ1) is 11.1. The van der Waals surface area contributed by atoms with Gasteiger partial charge in [-0.05, 0) is 42.5 Å². The van der Waals surface area contributed by atoms with Crippen LogP contribution in [0.15, 0.2) is 47.3 Å². The van der Waals surface area contributed by atoms with Crippen molar-refractivity contribution in [1.82, 2.24) is 4.98 Å². The van der Waals surface area contributed by atoms with Gasteiger partial charge in [0.2, 0.25) is 0 Å². The lowest BCUT2D eigenvalue weighted by molar-refractivity contribution is 0.332. The number of pyridine rings is 1. The van der Waals surface area contributed by atoms with Gasteiger partial charge >= 0.3 is 0 Å². The minimum absolute atomic E-state index is 0.114. The molecule has 5 nitrogen and oxygen atoms in total. The van der Waals surface area contributed by atoms with E-state index in [1.165, 1.54) is 30.3 Å². The van der Waals surface area contributed by atoms with E-state index in [0.717, 1.165) is 0 Å². The fourth-order valence-electron chi connectivity index (χ4n) is 2.42. The van der Waals surface area contributed by atoms with E-state index >= 15 is 0 Å². The van der Waals surface area contributed by atoms with Gasteiger partial charge in [-0.3, -0.25) is 4.79 Å². The quantitative estimate of drug-likeness (QED) is 0.690. The van der Waals surface area contributed by atoms with Crippen molar-refractivity contribution >= 4 is 10.8 Å². The summed E-state index contributed by atoms with van der Waals surface area (Å²) in [4.78, 5) is 15.0. The molecule has 0 aliphatic heterocycles. The zero-order valence-corrected chi connectivity index (χ0v) is 12.2. The number of hydrogen-bond acceptors (Lipinski definition) is 4. The summed E-state index contributed by atoms with van der Waals surface area (Å²) in [6.45, 7) is 0.556. The highest BCUT2D eigenvalue weighted by molar-refractivity contribution is 5.93. The summed E-state index contributed by atoms with van der Waals surface area (Å²) in [5, 5.41) is 10.1. The molecule has 0 aliphatic carbocycles. The predicted octanol–water partition coefficient (Wildman–Crippen LogP) is 2.38. The molecule has 23 heavy (non-hydrogen) atoms. The predicted molar refractivity (Wildman–Crippen MR) is 86.2 cm³/mol. The number of aromatic hydroxyl groups is 1. The summed E-state index contributed by atoms with van der Waals surface area (Å²) in [6.07, 6.45) is 0. The molecule has 3 aromatic rings. The molecule has 0 atom stereocenters. The molecule has 6 heteroatoms. The number of phenols is 1. The number of H-pyrrole nitrogens is 1. The van der Waals surface area contributed by atoms with Gasteiger partial charge in [-0.15, -0.1) is 0 Å². The van der Waals surface area contributed by atoms with Crippen LogP contribution in [-0.2, 0) is 0 Å². The van der Waals surface area contributed by atoms with Gasteiger partial charge in [-0.1, -0.05) is 0 Å². The van der Waals surface area contributed by atoms with Crippen molar-refractivity contribution in [2.75, 3.05) is 13.2 Å². The summed E-state index contributed by atoms with van der Waals surface area (Å²) < 4.78 is 19.1. The lowest BCUT2D eigenvalue weighted by Crippen LogP contribution is -2.15. The SMILES string of the molecule is NCCOc1c(-c2ccc(O)cc2)[nH]c(=O)c2cc(F)ccc12. The number of aromatic amines is 1. The minimum atomic E-state index is -0.495. The number of rotatable bonds is 4. The van der Waals surface area contributed by atoms with E-state index in [-0.39, 0.29) is 17.7 Å². The molecular weight excluding hydrogens is 299 g/mol. The second-order valence-corrected chi connectivity index (χ2v) is 5.03. The van der Waals surface area contributed by atoms with Crippen LogP contribution in [0.2, 0.25) is 0 Å². The Morgan fingerprint density at radius 3 is 2.57 bits per heavy atom. The maximum Gasteiger partial charge on any atom is 0.256 e. The van der Waals surface area contributed by atoms with Crippen LogP contribution in [0.1, 0.15) is 0 Å². The van der Waals surface area contributed by atoms with E-state index in [4.69, 9.17) is 10.5 Å². The number of fused-ring (bicyclic) bond motifs is 1. The third kappa shape index (κ3) is 2.89. The van der Waals surface area contributed by atoms with Gasteiger partial charge in [0, 0.05) is 17.5 Å². The van der Waals surface area contributed by atoms with Crippen molar-refractivity contribution in [3.63, 3.8) is 0 Å². The number of nitrogens with two attached hydrogens (primary N) is 1. The first-order valence-corrected chi connectivity index (χ1v) is 7.08. The highest BCUT2D eigenvalue weighted by atomic mass is 19.1. The molecule has 0 radical (unpaired) electrons. The molecule has 0 saturated heterocycles. The minimum Gasteiger partial charge on any atom is -0.508 e. The van der Waals surface area contributed by atoms with Crippen molar-refractivity contribution in [3.8, 4) is 22.8 Å². The summed E-state index contributed by atoms with van der Waals surface area (Å²) in [5.41, 5.74) is 6.20. The Hall–Kier alpha value is -2.86. The molecule has 0 fully saturated rings. The average Bonchev–Trinajstić information content (AvgIpc) is 2.55. The van der Waals surface area contributed by atoms with Crippen LogP contribution in [-0.4, -0.2) is 23.2 Å². The van der Waals surface area contributed by atoms with E-state index in [1.807, 2.05) is 0 Å². The van der Waals surface area contributed by atoms with Gasteiger partial charge in [0.1, 0.15) is 18.2 Å². The van der Waals surface area contributed by atoms with Gasteiger partial charge in [-0.2, -0.15) is 0 Å². The van der Waals surface area contributed by atoms with Crippen LogP contribution in [0, 0.1) is 5.82 Å². The van der Waals surface area contributed by atoms with Crippen molar-refractivity contribution in [1.29, 1.82) is 0 Å². The number of aromatic nitrogens is 1. The number of phenolic OH excluding ortho intramolecular Hbond substituents is 1. The van der Waals surface area contributed by atoms with E-state index in [9.17, 15) is 14.3 Å². The number of benzene rings is 2. The third-order valence-electron chi connectivity index (χ3n) is 3.46. The molecule has 0 aliphatic rings. The largest absolute Gasteiger partial charge is 0.508 e. The molecule has 1 heterocycles. The van der Waals surface area contributed by atoms with Crippen molar-refractivity contribution in [2.45, 2.75) is 0 Å². The van der Waals surface area contributed by atoms with Gasteiger partial charge in [0.25, 0.3) is 5.56 Å². The van der Waals surface area contributed by atoms with Crippen molar-refractivity contribution in [2.24, 2.45) is 5.73 Å². The summed E-state index contributed by atoms with van der Waals surface area (Å²) in [6, 6.07) is 10.3. The maximum absolute atomic E-state index is 13.4. The molecule has 0 amide bonds. The Labute approximate surface area is 131 Å². The van der Waals surface area contributed by atoms with Crippen LogP contribution in [0.4, 0.5) is 4.39 Å². The molecule has 0 unspecified atom stereocenters. The fourth-order valence-corrected chi connectivity index (χ4v) is 2.42. The van der Waals surface area contributed by atoms with Crippen LogP contribution in [0.25, 0.3) is 22.0 Å². The highest BCUT2D eigenvalue weighted by Crippen LogP contribution is 2.34. The Morgan fingerprint density at radius 1 is 1.13 bits per heavy atom. The van der Waals surface area contributed by atoms with Crippen molar-refractivity contribution < 1.29 is 14.2 Å². The second kappa shape index (κ2) is 6.10. The van der Waals surface area contributed by atoms with E-state index in [2.05, 4.69) is 4.98 Å². The molecule has 0 saturated carbocycles. The third-order valence-corrected chi connectivity index (χ3v) is 3.46. The Balaban J connectivity index is 2.29. The topological polar surface area (TPSA) is 88.3 Å². The summed E-state index contributed by atoms with van der Waals surface area (Å²) >= 11 is 0. The van der Waals surface area contributed by atoms with Gasteiger partial charge in [0.15, 0.2) is 5.75 Å². The first-order valence-electron chi connectivity index (χ1n) is 7.08. The van der Waals surface area contributed by atoms with Crippen LogP contribution >= 0.6 is 0 Å². The van der Waals surface area contributed by atoms with Crippen molar-refractivity contribution in [3.05, 3.63) is 58.6 Å². The molecule has 4 N–H and O–H groups in total. The Kier molecular flexibility index (Phi) is 3.99.